The Labute approximate surface area is 106 Å². The van der Waals surface area contributed by atoms with Crippen molar-refractivity contribution in [1.29, 1.82) is 0 Å². The molecular formula is C10H17N5O2S. The molecule has 0 spiro atoms. The number of anilines is 3. The first kappa shape index (κ1) is 12.9. The third kappa shape index (κ3) is 3.22. The highest BCUT2D eigenvalue weighted by Gasteiger charge is 2.27. The molecule has 1 atom stereocenters. The standard InChI is InChI=1S/C10H17N5O2S/c1-12-8-4-9(15-10(11)14-8)13-5-7-2-3-18(16,17)6-7/h4,7H,2-3,5-6H2,1H3,(H4,11,12,13,14,15). The number of hydrogen-bond acceptors (Lipinski definition) is 7. The molecule has 4 N–H and O–H groups in total. The molecule has 1 aromatic rings. The van der Waals surface area contributed by atoms with Crippen molar-refractivity contribution in [2.75, 3.05) is 41.5 Å². The van der Waals surface area contributed by atoms with Gasteiger partial charge in [-0.3, -0.25) is 0 Å². The summed E-state index contributed by atoms with van der Waals surface area (Å²) in [7, 11) is -1.09. The number of sulfone groups is 1. The van der Waals surface area contributed by atoms with E-state index in [9.17, 15) is 8.42 Å². The summed E-state index contributed by atoms with van der Waals surface area (Å²) in [6.07, 6.45) is 0.703. The first-order valence-corrected chi connectivity index (χ1v) is 7.57. The van der Waals surface area contributed by atoms with Crippen molar-refractivity contribution in [2.45, 2.75) is 6.42 Å². The Morgan fingerprint density at radius 1 is 1.44 bits per heavy atom. The zero-order valence-corrected chi connectivity index (χ0v) is 11.0. The van der Waals surface area contributed by atoms with Gasteiger partial charge in [-0.05, 0) is 12.3 Å². The molecule has 0 radical (unpaired) electrons. The minimum Gasteiger partial charge on any atom is -0.373 e. The lowest BCUT2D eigenvalue weighted by molar-refractivity contribution is 0.595. The molecule has 1 aromatic heterocycles. The molecule has 1 unspecified atom stereocenters. The number of nitrogens with one attached hydrogen (secondary N) is 2. The average Bonchev–Trinajstić information content (AvgIpc) is 2.65. The lowest BCUT2D eigenvalue weighted by Crippen LogP contribution is -2.17. The van der Waals surface area contributed by atoms with Gasteiger partial charge < -0.3 is 16.4 Å². The van der Waals surface area contributed by atoms with Crippen molar-refractivity contribution in [3.8, 4) is 0 Å². The molecule has 0 aliphatic carbocycles. The maximum Gasteiger partial charge on any atom is 0.223 e. The summed E-state index contributed by atoms with van der Waals surface area (Å²) in [5.74, 6) is 2.10. The van der Waals surface area contributed by atoms with Gasteiger partial charge in [0.25, 0.3) is 0 Å². The smallest absolute Gasteiger partial charge is 0.223 e. The zero-order chi connectivity index (χ0) is 13.2. The summed E-state index contributed by atoms with van der Waals surface area (Å²) < 4.78 is 22.6. The highest BCUT2D eigenvalue weighted by molar-refractivity contribution is 7.91. The van der Waals surface area contributed by atoms with Crippen molar-refractivity contribution in [2.24, 2.45) is 5.92 Å². The predicted molar refractivity (Wildman–Crippen MR) is 71.2 cm³/mol. The van der Waals surface area contributed by atoms with Gasteiger partial charge in [-0.15, -0.1) is 0 Å². The number of nitrogen functional groups attached to an aromatic ring is 1. The van der Waals surface area contributed by atoms with E-state index < -0.39 is 9.84 Å². The van der Waals surface area contributed by atoms with Crippen LogP contribution in [0.15, 0.2) is 6.07 Å². The van der Waals surface area contributed by atoms with Crippen LogP contribution in [0.3, 0.4) is 0 Å². The van der Waals surface area contributed by atoms with E-state index in [1.165, 1.54) is 0 Å². The van der Waals surface area contributed by atoms with Gasteiger partial charge in [-0.1, -0.05) is 0 Å². The third-order valence-corrected chi connectivity index (χ3v) is 4.74. The van der Waals surface area contributed by atoms with E-state index in [4.69, 9.17) is 5.73 Å². The molecule has 1 fully saturated rings. The Morgan fingerprint density at radius 3 is 2.78 bits per heavy atom. The minimum absolute atomic E-state index is 0.143. The highest BCUT2D eigenvalue weighted by Crippen LogP contribution is 2.19. The molecule has 0 aromatic carbocycles. The van der Waals surface area contributed by atoms with Crippen LogP contribution in [0.2, 0.25) is 0 Å². The van der Waals surface area contributed by atoms with E-state index in [0.717, 1.165) is 0 Å². The van der Waals surface area contributed by atoms with Crippen LogP contribution in [0.25, 0.3) is 0 Å². The normalized spacial score (nSPS) is 21.7. The lowest BCUT2D eigenvalue weighted by Gasteiger charge is -2.11. The Balaban J connectivity index is 1.96. The summed E-state index contributed by atoms with van der Waals surface area (Å²) in [5.41, 5.74) is 5.56. The number of hydrogen-bond donors (Lipinski definition) is 3. The van der Waals surface area contributed by atoms with Crippen molar-refractivity contribution in [3.05, 3.63) is 6.07 Å². The zero-order valence-electron chi connectivity index (χ0n) is 10.2. The molecule has 0 saturated carbocycles. The lowest BCUT2D eigenvalue weighted by atomic mass is 10.1. The van der Waals surface area contributed by atoms with E-state index in [2.05, 4.69) is 20.6 Å². The van der Waals surface area contributed by atoms with Crippen molar-refractivity contribution >= 4 is 27.4 Å². The number of nitrogens with two attached hydrogens (primary N) is 1. The van der Waals surface area contributed by atoms with Crippen LogP contribution < -0.4 is 16.4 Å². The van der Waals surface area contributed by atoms with Crippen molar-refractivity contribution in [3.63, 3.8) is 0 Å². The van der Waals surface area contributed by atoms with Crippen LogP contribution in [0, 0.1) is 5.92 Å². The van der Waals surface area contributed by atoms with Crippen LogP contribution in [0.1, 0.15) is 6.42 Å². The van der Waals surface area contributed by atoms with E-state index in [-0.39, 0.29) is 23.4 Å². The first-order chi connectivity index (χ1) is 8.48. The fraction of sp³-hybridized carbons (Fsp3) is 0.600. The van der Waals surface area contributed by atoms with E-state index in [0.29, 0.717) is 24.6 Å². The molecule has 18 heavy (non-hydrogen) atoms. The van der Waals surface area contributed by atoms with E-state index in [1.54, 1.807) is 13.1 Å². The van der Waals surface area contributed by atoms with Gasteiger partial charge in [-0.2, -0.15) is 9.97 Å². The molecule has 2 heterocycles. The molecule has 100 valence electrons. The van der Waals surface area contributed by atoms with Crippen LogP contribution in [0.4, 0.5) is 17.6 Å². The molecular weight excluding hydrogens is 254 g/mol. The summed E-state index contributed by atoms with van der Waals surface area (Å²) in [5, 5.41) is 5.99. The van der Waals surface area contributed by atoms with Crippen molar-refractivity contribution in [1.82, 2.24) is 9.97 Å². The summed E-state index contributed by atoms with van der Waals surface area (Å²) >= 11 is 0. The summed E-state index contributed by atoms with van der Waals surface area (Å²) in [6, 6.07) is 1.74. The van der Waals surface area contributed by atoms with Crippen LogP contribution in [-0.2, 0) is 9.84 Å². The number of nitrogens with zero attached hydrogens (tertiary/aromatic N) is 2. The van der Waals surface area contributed by atoms with Gasteiger partial charge in [-0.25, -0.2) is 8.42 Å². The highest BCUT2D eigenvalue weighted by atomic mass is 32.2. The van der Waals surface area contributed by atoms with Gasteiger partial charge in [0, 0.05) is 19.7 Å². The Kier molecular flexibility index (Phi) is 3.55. The largest absolute Gasteiger partial charge is 0.373 e. The Hall–Kier alpha value is -1.57. The SMILES string of the molecule is CNc1cc(NCC2CCS(=O)(=O)C2)nc(N)n1. The second-order valence-corrected chi connectivity index (χ2v) is 6.63. The van der Waals surface area contributed by atoms with Crippen LogP contribution in [0.5, 0.6) is 0 Å². The van der Waals surface area contributed by atoms with Crippen LogP contribution in [-0.4, -0.2) is 43.5 Å². The second kappa shape index (κ2) is 4.97. The molecule has 0 bridgehead atoms. The maximum atomic E-state index is 11.3. The summed E-state index contributed by atoms with van der Waals surface area (Å²) in [4.78, 5) is 8.02. The first-order valence-electron chi connectivity index (χ1n) is 5.75. The van der Waals surface area contributed by atoms with E-state index >= 15 is 0 Å². The monoisotopic (exact) mass is 271 g/mol. The fourth-order valence-electron chi connectivity index (χ4n) is 1.97. The Morgan fingerprint density at radius 2 is 2.17 bits per heavy atom. The Bertz CT molecular complexity index is 531. The average molecular weight is 271 g/mol. The van der Waals surface area contributed by atoms with Crippen molar-refractivity contribution < 1.29 is 8.42 Å². The molecule has 0 amide bonds. The predicted octanol–water partition coefficient (Wildman–Crippen LogP) is -0.0529. The van der Waals surface area contributed by atoms with E-state index in [1.807, 2.05) is 0 Å². The number of rotatable bonds is 4. The van der Waals surface area contributed by atoms with Gasteiger partial charge in [0.1, 0.15) is 11.6 Å². The molecule has 1 aliphatic heterocycles. The maximum absolute atomic E-state index is 11.3. The van der Waals surface area contributed by atoms with Gasteiger partial charge in [0.15, 0.2) is 9.84 Å². The van der Waals surface area contributed by atoms with Gasteiger partial charge in [0.2, 0.25) is 5.95 Å². The molecule has 1 aliphatic rings. The summed E-state index contributed by atoms with van der Waals surface area (Å²) in [6.45, 7) is 0.582. The molecule has 7 nitrogen and oxygen atoms in total. The molecule has 1 saturated heterocycles. The second-order valence-electron chi connectivity index (χ2n) is 4.40. The van der Waals surface area contributed by atoms with Gasteiger partial charge >= 0.3 is 0 Å². The third-order valence-electron chi connectivity index (χ3n) is 2.90. The molecule has 8 heteroatoms. The van der Waals surface area contributed by atoms with Gasteiger partial charge in [0.05, 0.1) is 11.5 Å². The minimum atomic E-state index is -2.83. The number of aromatic nitrogens is 2. The van der Waals surface area contributed by atoms with Crippen LogP contribution >= 0.6 is 0 Å². The fourth-order valence-corrected chi connectivity index (χ4v) is 3.83. The topological polar surface area (TPSA) is 110 Å². The quantitative estimate of drug-likeness (QED) is 0.704. The molecule has 2 rings (SSSR count).